The van der Waals surface area contributed by atoms with Crippen LogP contribution in [0.2, 0.25) is 0 Å². The molecule has 0 N–H and O–H groups in total. The minimum Gasteiger partial charge on any atom is -0.462 e. The summed E-state index contributed by atoms with van der Waals surface area (Å²) in [5.41, 5.74) is -0.665. The summed E-state index contributed by atoms with van der Waals surface area (Å²) in [6.45, 7) is 9.19. The molecular formula is C17H30O8P2. The molecule has 0 aromatic carbocycles. The predicted molar refractivity (Wildman–Crippen MR) is 103 cm³/mol. The van der Waals surface area contributed by atoms with E-state index in [0.717, 1.165) is 0 Å². The van der Waals surface area contributed by atoms with Crippen LogP contribution in [-0.2, 0) is 36.8 Å². The Morgan fingerprint density at radius 2 is 1.44 bits per heavy atom. The topological polar surface area (TPSA) is 97.4 Å². The molecule has 0 aromatic heterocycles. The highest BCUT2D eigenvalue weighted by Crippen LogP contribution is 2.68. The van der Waals surface area contributed by atoms with Gasteiger partial charge in [0.15, 0.2) is 0 Å². The highest BCUT2D eigenvalue weighted by molar-refractivity contribution is 7.62. The monoisotopic (exact) mass is 424 g/mol. The van der Waals surface area contributed by atoms with Crippen LogP contribution < -0.4 is 0 Å². The van der Waals surface area contributed by atoms with Crippen molar-refractivity contribution in [2.75, 3.05) is 33.0 Å². The molecule has 0 saturated carbocycles. The van der Waals surface area contributed by atoms with Gasteiger partial charge in [-0.2, -0.15) is 0 Å². The maximum absolute atomic E-state index is 13.4. The average Bonchev–Trinajstić information content (AvgIpc) is 2.62. The molecule has 0 radical (unpaired) electrons. The number of carbonyl (C=O) groups is 1. The maximum Gasteiger partial charge on any atom is 0.358 e. The molecule has 0 amide bonds. The first kappa shape index (κ1) is 24.3. The zero-order valence-corrected chi connectivity index (χ0v) is 18.4. The third kappa shape index (κ3) is 6.11. The van der Waals surface area contributed by atoms with Gasteiger partial charge in [0.2, 0.25) is 0 Å². The normalized spacial score (nSPS) is 18.0. The summed E-state index contributed by atoms with van der Waals surface area (Å²) >= 11 is 0. The zero-order chi connectivity index (χ0) is 20.5. The van der Waals surface area contributed by atoms with Crippen LogP contribution in [0.3, 0.4) is 0 Å². The minimum absolute atomic E-state index is 0.113. The summed E-state index contributed by atoms with van der Waals surface area (Å²) < 4.78 is 53.6. The maximum atomic E-state index is 13.4. The lowest BCUT2D eigenvalue weighted by molar-refractivity contribution is -0.138. The van der Waals surface area contributed by atoms with Crippen molar-refractivity contribution in [1.29, 1.82) is 0 Å². The molecule has 0 aromatic rings. The standard InChI is InChI=1S/C17H30O8P2/c1-6-21-17(18)14-11-12-15(26(19,22-7-2)23-8-3)16(13-14)27(20,24-9-4)25-10-5/h11,13,15H,6-10,12H2,1-5H3. The van der Waals surface area contributed by atoms with Crippen molar-refractivity contribution < 1.29 is 36.8 Å². The van der Waals surface area contributed by atoms with Crippen LogP contribution in [-0.4, -0.2) is 44.7 Å². The molecular weight excluding hydrogens is 394 g/mol. The van der Waals surface area contributed by atoms with Crippen molar-refractivity contribution in [2.45, 2.75) is 46.7 Å². The largest absolute Gasteiger partial charge is 0.462 e. The number of hydrogen-bond donors (Lipinski definition) is 0. The van der Waals surface area contributed by atoms with Gasteiger partial charge in [0, 0.05) is 0 Å². The van der Waals surface area contributed by atoms with E-state index in [2.05, 4.69) is 0 Å². The SMILES string of the molecule is CCOC(=O)C1=CCC(P(=O)(OCC)OCC)C(P(=O)(OCC)OCC)=C1. The molecule has 1 unspecified atom stereocenters. The highest BCUT2D eigenvalue weighted by atomic mass is 31.2. The Kier molecular flexibility index (Phi) is 10.2. The van der Waals surface area contributed by atoms with E-state index in [9.17, 15) is 13.9 Å². The molecule has 0 fully saturated rings. The first-order valence-corrected chi connectivity index (χ1v) is 12.3. The van der Waals surface area contributed by atoms with Crippen molar-refractivity contribution in [3.8, 4) is 0 Å². The quantitative estimate of drug-likeness (QED) is 0.329. The lowest BCUT2D eigenvalue weighted by Crippen LogP contribution is -2.22. The van der Waals surface area contributed by atoms with Gasteiger partial charge >= 0.3 is 21.2 Å². The number of carbonyl (C=O) groups excluding carboxylic acids is 1. The third-order valence-corrected chi connectivity index (χ3v) is 8.59. The highest BCUT2D eigenvalue weighted by Gasteiger charge is 2.47. The smallest absolute Gasteiger partial charge is 0.358 e. The Morgan fingerprint density at radius 1 is 0.926 bits per heavy atom. The van der Waals surface area contributed by atoms with E-state index in [-0.39, 0.29) is 50.3 Å². The summed E-state index contributed by atoms with van der Waals surface area (Å²) in [6, 6.07) is 0. The molecule has 156 valence electrons. The average molecular weight is 424 g/mol. The minimum atomic E-state index is -3.81. The molecule has 0 heterocycles. The number of ether oxygens (including phenoxy) is 1. The second kappa shape index (κ2) is 11.3. The van der Waals surface area contributed by atoms with Gasteiger partial charge in [-0.1, -0.05) is 6.08 Å². The van der Waals surface area contributed by atoms with E-state index in [1.807, 2.05) is 0 Å². The van der Waals surface area contributed by atoms with E-state index in [4.69, 9.17) is 22.8 Å². The fourth-order valence-electron chi connectivity index (χ4n) is 2.69. The summed E-state index contributed by atoms with van der Waals surface area (Å²) in [5.74, 6) is -0.560. The molecule has 10 heteroatoms. The number of esters is 1. The van der Waals surface area contributed by atoms with E-state index < -0.39 is 26.8 Å². The summed E-state index contributed by atoms with van der Waals surface area (Å²) in [4.78, 5) is 12.2. The van der Waals surface area contributed by atoms with Gasteiger partial charge in [0.1, 0.15) is 0 Å². The molecule has 1 rings (SSSR count). The van der Waals surface area contributed by atoms with E-state index >= 15 is 0 Å². The van der Waals surface area contributed by atoms with Gasteiger partial charge in [0.25, 0.3) is 0 Å². The van der Waals surface area contributed by atoms with Crippen LogP contribution in [0.25, 0.3) is 0 Å². The van der Waals surface area contributed by atoms with E-state index in [1.165, 1.54) is 6.08 Å². The first-order valence-electron chi connectivity index (χ1n) is 9.19. The van der Waals surface area contributed by atoms with Gasteiger partial charge in [-0.05, 0) is 47.1 Å². The van der Waals surface area contributed by atoms with Crippen LogP contribution in [0.5, 0.6) is 0 Å². The van der Waals surface area contributed by atoms with Crippen LogP contribution in [0.1, 0.15) is 41.0 Å². The zero-order valence-electron chi connectivity index (χ0n) is 16.6. The van der Waals surface area contributed by atoms with Crippen LogP contribution in [0, 0.1) is 0 Å². The summed E-state index contributed by atoms with van der Waals surface area (Å²) in [7, 11) is -7.47. The van der Waals surface area contributed by atoms with Gasteiger partial charge in [-0.3, -0.25) is 9.13 Å². The third-order valence-electron chi connectivity index (χ3n) is 3.63. The Hall–Kier alpha value is -0.750. The van der Waals surface area contributed by atoms with Crippen LogP contribution in [0.15, 0.2) is 23.0 Å². The molecule has 8 nitrogen and oxygen atoms in total. The molecule has 1 aliphatic rings. The van der Waals surface area contributed by atoms with Gasteiger partial charge in [-0.15, -0.1) is 0 Å². The van der Waals surface area contributed by atoms with Gasteiger partial charge in [-0.25, -0.2) is 4.79 Å². The Balaban J connectivity index is 3.47. The molecule has 1 atom stereocenters. The second-order valence-corrected chi connectivity index (χ2v) is 9.66. The fourth-order valence-corrected chi connectivity index (χ4v) is 7.27. The van der Waals surface area contributed by atoms with Crippen molar-refractivity contribution in [3.05, 3.63) is 23.0 Å². The first-order chi connectivity index (χ1) is 12.8. The van der Waals surface area contributed by atoms with Gasteiger partial charge < -0.3 is 22.8 Å². The molecule has 0 saturated heterocycles. The Labute approximate surface area is 161 Å². The number of hydrogen-bond acceptors (Lipinski definition) is 8. The number of allylic oxidation sites excluding steroid dienone is 2. The Morgan fingerprint density at radius 3 is 1.89 bits per heavy atom. The second-order valence-electron chi connectivity index (χ2n) is 5.41. The van der Waals surface area contributed by atoms with Gasteiger partial charge in [0.05, 0.1) is 49.6 Å². The van der Waals surface area contributed by atoms with Crippen molar-refractivity contribution in [3.63, 3.8) is 0 Å². The molecule has 0 aliphatic heterocycles. The van der Waals surface area contributed by atoms with Crippen LogP contribution in [0.4, 0.5) is 0 Å². The predicted octanol–water partition coefficient (Wildman–Crippen LogP) is 4.66. The summed E-state index contributed by atoms with van der Waals surface area (Å²) in [5, 5.41) is 0.113. The molecule has 1 aliphatic carbocycles. The lowest BCUT2D eigenvalue weighted by Gasteiger charge is -2.32. The Bertz CT molecular complexity index is 635. The van der Waals surface area contributed by atoms with Crippen molar-refractivity contribution >= 4 is 21.2 Å². The van der Waals surface area contributed by atoms with Crippen LogP contribution >= 0.6 is 15.2 Å². The van der Waals surface area contributed by atoms with E-state index in [0.29, 0.717) is 0 Å². The van der Waals surface area contributed by atoms with Crippen molar-refractivity contribution in [1.82, 2.24) is 0 Å². The number of rotatable bonds is 12. The molecule has 27 heavy (non-hydrogen) atoms. The fraction of sp³-hybridized carbons (Fsp3) is 0.706. The van der Waals surface area contributed by atoms with E-state index in [1.54, 1.807) is 40.7 Å². The molecule has 0 spiro atoms. The van der Waals surface area contributed by atoms with Crippen molar-refractivity contribution in [2.24, 2.45) is 0 Å². The molecule has 0 bridgehead atoms. The summed E-state index contributed by atoms with van der Waals surface area (Å²) in [6.07, 6.45) is 3.09. The lowest BCUT2D eigenvalue weighted by atomic mass is 10.1.